The summed E-state index contributed by atoms with van der Waals surface area (Å²) in [4.78, 5) is 26.2. The first-order valence-electron chi connectivity index (χ1n) is 13.9. The fourth-order valence-corrected chi connectivity index (χ4v) is 6.40. The zero-order chi connectivity index (χ0) is 27.6. The fourth-order valence-electron chi connectivity index (χ4n) is 6.40. The van der Waals surface area contributed by atoms with Crippen LogP contribution in [0.4, 0.5) is 19.0 Å². The van der Waals surface area contributed by atoms with Crippen LogP contribution in [-0.4, -0.2) is 73.4 Å². The lowest BCUT2D eigenvalue weighted by atomic mass is 9.82. The van der Waals surface area contributed by atoms with Gasteiger partial charge in [0.1, 0.15) is 17.8 Å². The number of carbonyl (C=O) groups excluding carboxylic acids is 1. The minimum atomic E-state index is -4.36. The maximum atomic E-state index is 13.5. The Balaban J connectivity index is 1.21. The molecule has 7 nitrogen and oxygen atoms in total. The van der Waals surface area contributed by atoms with Crippen molar-refractivity contribution in [2.24, 2.45) is 11.8 Å². The van der Waals surface area contributed by atoms with Crippen molar-refractivity contribution < 1.29 is 27.4 Å². The van der Waals surface area contributed by atoms with E-state index in [-0.39, 0.29) is 17.9 Å². The van der Waals surface area contributed by atoms with E-state index in [0.29, 0.717) is 61.7 Å². The number of methoxy groups -OCH3 is 1. The van der Waals surface area contributed by atoms with Crippen LogP contribution in [0.5, 0.6) is 0 Å². The molecule has 0 spiro atoms. The number of hydrogen-bond donors (Lipinski definition) is 0. The molecule has 0 N–H and O–H groups in total. The molecular formula is C29H37F3N4O3. The highest BCUT2D eigenvalue weighted by Gasteiger charge is 2.34. The summed E-state index contributed by atoms with van der Waals surface area (Å²) in [5.74, 6) is 1.64. The number of hydrogen-bond acceptors (Lipinski definition) is 6. The van der Waals surface area contributed by atoms with Gasteiger partial charge in [0, 0.05) is 51.4 Å². The number of benzene rings is 1. The van der Waals surface area contributed by atoms with Crippen molar-refractivity contribution in [2.75, 3.05) is 51.4 Å². The van der Waals surface area contributed by atoms with Crippen LogP contribution >= 0.6 is 0 Å². The van der Waals surface area contributed by atoms with Gasteiger partial charge in [-0.2, -0.15) is 13.2 Å². The maximum Gasteiger partial charge on any atom is 0.416 e. The van der Waals surface area contributed by atoms with E-state index in [2.05, 4.69) is 14.9 Å². The molecule has 39 heavy (non-hydrogen) atoms. The number of nitrogens with zero attached hydrogens (tertiary/aromatic N) is 4. The number of likely N-dealkylation sites (tertiary alicyclic amines) is 1. The summed E-state index contributed by atoms with van der Waals surface area (Å²) < 4.78 is 50.8. The van der Waals surface area contributed by atoms with Crippen molar-refractivity contribution in [2.45, 2.75) is 57.2 Å². The van der Waals surface area contributed by atoms with Crippen molar-refractivity contribution in [3.8, 4) is 0 Å². The van der Waals surface area contributed by atoms with Crippen LogP contribution in [0.15, 0.2) is 30.6 Å². The number of piperidine rings is 1. The standard InChI is InChI=1S/C29H37F3N4O3/c1-19-26(28(37)35-10-6-20(7-11-35)14-22-9-13-39-17-25(22)38-2)33-18-34-27(19)36-12-8-23(16-36)21-4-3-5-24(15-21)29(30,31)32/h3-5,15,18,20,22-23,25H,6-14,16-17H2,1-2H3. The van der Waals surface area contributed by atoms with E-state index < -0.39 is 11.7 Å². The average molecular weight is 547 g/mol. The lowest BCUT2D eigenvalue weighted by Gasteiger charge is -2.37. The summed E-state index contributed by atoms with van der Waals surface area (Å²) in [7, 11) is 1.75. The molecule has 3 unspecified atom stereocenters. The Morgan fingerprint density at radius 1 is 1.13 bits per heavy atom. The predicted molar refractivity (Wildman–Crippen MR) is 141 cm³/mol. The number of amides is 1. The van der Waals surface area contributed by atoms with E-state index in [0.717, 1.165) is 50.3 Å². The molecule has 3 aliphatic rings. The van der Waals surface area contributed by atoms with Gasteiger partial charge in [-0.3, -0.25) is 4.79 Å². The van der Waals surface area contributed by atoms with Crippen LogP contribution in [0, 0.1) is 18.8 Å². The van der Waals surface area contributed by atoms with Gasteiger partial charge in [0.25, 0.3) is 5.91 Å². The average Bonchev–Trinajstić information content (AvgIpc) is 3.43. The number of anilines is 1. The normalized spacial score (nSPS) is 24.8. The van der Waals surface area contributed by atoms with Crippen LogP contribution < -0.4 is 4.90 Å². The van der Waals surface area contributed by atoms with Crippen molar-refractivity contribution in [3.63, 3.8) is 0 Å². The summed E-state index contributed by atoms with van der Waals surface area (Å²) in [6.45, 7) is 5.91. The zero-order valence-corrected chi connectivity index (χ0v) is 22.6. The molecule has 1 amide bonds. The van der Waals surface area contributed by atoms with Crippen LogP contribution in [0.3, 0.4) is 0 Å². The summed E-state index contributed by atoms with van der Waals surface area (Å²) in [5, 5.41) is 0. The highest BCUT2D eigenvalue weighted by Crippen LogP contribution is 2.36. The van der Waals surface area contributed by atoms with Gasteiger partial charge in [0.2, 0.25) is 0 Å². The Hall–Kier alpha value is -2.72. The number of ether oxygens (including phenoxy) is 2. The molecule has 3 aliphatic heterocycles. The van der Waals surface area contributed by atoms with Crippen molar-refractivity contribution in [3.05, 3.63) is 53.0 Å². The quantitative estimate of drug-likeness (QED) is 0.503. The minimum absolute atomic E-state index is 0.0340. The van der Waals surface area contributed by atoms with Crippen LogP contribution in [-0.2, 0) is 15.7 Å². The van der Waals surface area contributed by atoms with Crippen molar-refractivity contribution in [1.82, 2.24) is 14.9 Å². The fraction of sp³-hybridized carbons (Fsp3) is 0.621. The van der Waals surface area contributed by atoms with E-state index in [1.165, 1.54) is 18.5 Å². The topological polar surface area (TPSA) is 67.8 Å². The van der Waals surface area contributed by atoms with Crippen molar-refractivity contribution in [1.29, 1.82) is 0 Å². The zero-order valence-electron chi connectivity index (χ0n) is 22.6. The molecule has 0 aliphatic carbocycles. The Labute approximate surface area is 227 Å². The molecule has 3 fully saturated rings. The smallest absolute Gasteiger partial charge is 0.379 e. The second kappa shape index (κ2) is 11.8. The SMILES string of the molecule is COC1COCCC1CC1CCN(C(=O)c2ncnc(N3CCC(c4cccc(C(F)(F)F)c4)C3)c2C)CC1. The number of halogens is 3. The van der Waals surface area contributed by atoms with Crippen LogP contribution in [0.25, 0.3) is 0 Å². The van der Waals surface area contributed by atoms with E-state index >= 15 is 0 Å². The molecule has 1 aromatic carbocycles. The second-order valence-corrected chi connectivity index (χ2v) is 11.1. The molecule has 0 saturated carbocycles. The van der Waals surface area contributed by atoms with Gasteiger partial charge in [-0.1, -0.05) is 18.2 Å². The molecule has 2 aromatic rings. The molecule has 10 heteroatoms. The Bertz CT molecular complexity index is 1150. The monoisotopic (exact) mass is 546 g/mol. The molecule has 0 radical (unpaired) electrons. The summed E-state index contributed by atoms with van der Waals surface area (Å²) in [6, 6.07) is 5.58. The predicted octanol–water partition coefficient (Wildman–Crippen LogP) is 5.09. The van der Waals surface area contributed by atoms with Crippen molar-refractivity contribution >= 4 is 11.7 Å². The van der Waals surface area contributed by atoms with Crippen LogP contribution in [0.2, 0.25) is 0 Å². The van der Waals surface area contributed by atoms with E-state index in [1.54, 1.807) is 13.2 Å². The third-order valence-electron chi connectivity index (χ3n) is 8.71. The first-order chi connectivity index (χ1) is 18.7. The largest absolute Gasteiger partial charge is 0.416 e. The van der Waals surface area contributed by atoms with E-state index in [4.69, 9.17) is 9.47 Å². The molecule has 0 bridgehead atoms. The Kier molecular flexibility index (Phi) is 8.42. The highest BCUT2D eigenvalue weighted by molar-refractivity contribution is 5.94. The summed E-state index contributed by atoms with van der Waals surface area (Å²) >= 11 is 0. The molecule has 212 valence electrons. The Morgan fingerprint density at radius 2 is 1.92 bits per heavy atom. The van der Waals surface area contributed by atoms with Gasteiger partial charge in [0.05, 0.1) is 18.3 Å². The van der Waals surface area contributed by atoms with Crippen LogP contribution in [0.1, 0.15) is 65.2 Å². The van der Waals surface area contributed by atoms with Gasteiger partial charge in [0.15, 0.2) is 0 Å². The first-order valence-corrected chi connectivity index (χ1v) is 13.9. The minimum Gasteiger partial charge on any atom is -0.379 e. The number of alkyl halides is 3. The lowest BCUT2D eigenvalue weighted by Crippen LogP contribution is -2.41. The highest BCUT2D eigenvalue weighted by atomic mass is 19.4. The van der Waals surface area contributed by atoms with Gasteiger partial charge in [-0.15, -0.1) is 0 Å². The third-order valence-corrected chi connectivity index (χ3v) is 8.71. The number of carbonyl (C=O) groups is 1. The van der Waals surface area contributed by atoms with Gasteiger partial charge >= 0.3 is 6.18 Å². The molecule has 3 atom stereocenters. The van der Waals surface area contributed by atoms with E-state index in [9.17, 15) is 18.0 Å². The summed E-state index contributed by atoms with van der Waals surface area (Å²) in [6.07, 6.45) is 1.98. The second-order valence-electron chi connectivity index (χ2n) is 11.1. The maximum absolute atomic E-state index is 13.5. The van der Waals surface area contributed by atoms with Gasteiger partial charge in [-0.05, 0) is 62.5 Å². The molecule has 4 heterocycles. The molecule has 3 saturated heterocycles. The van der Waals surface area contributed by atoms with Gasteiger partial charge in [-0.25, -0.2) is 9.97 Å². The molecule has 1 aromatic heterocycles. The Morgan fingerprint density at radius 3 is 2.67 bits per heavy atom. The van der Waals surface area contributed by atoms with Gasteiger partial charge < -0.3 is 19.3 Å². The molecular weight excluding hydrogens is 509 g/mol. The number of rotatable bonds is 6. The van der Waals surface area contributed by atoms with E-state index in [1.807, 2.05) is 11.8 Å². The molecule has 5 rings (SSSR count). The lowest BCUT2D eigenvalue weighted by molar-refractivity contribution is -0.137. The number of aromatic nitrogens is 2. The third kappa shape index (κ3) is 6.22. The first kappa shape index (κ1) is 27.8. The summed E-state index contributed by atoms with van der Waals surface area (Å²) in [5.41, 5.74) is 1.18.